The molecule has 0 saturated heterocycles. The third-order valence-corrected chi connectivity index (χ3v) is 4.10. The molecule has 0 fully saturated rings. The lowest BCUT2D eigenvalue weighted by Crippen LogP contribution is -2.42. The molecule has 5 N–H and O–H groups in total. The number of benzene rings is 2. The van der Waals surface area contributed by atoms with Crippen LogP contribution in [0.3, 0.4) is 0 Å². The summed E-state index contributed by atoms with van der Waals surface area (Å²) >= 11 is 0. The Kier molecular flexibility index (Phi) is 3.54. The lowest BCUT2D eigenvalue weighted by atomic mass is 10.1. The molecular weight excluding hydrogens is 330 g/mol. The van der Waals surface area contributed by atoms with Crippen molar-refractivity contribution in [3.63, 3.8) is 0 Å². The summed E-state index contributed by atoms with van der Waals surface area (Å²) in [5.41, 5.74) is 7.45. The molecular formula is C19H15N5O2. The van der Waals surface area contributed by atoms with Crippen LogP contribution >= 0.6 is 0 Å². The minimum Gasteiger partial charge on any atom is -0.494 e. The fourth-order valence-electron chi connectivity index (χ4n) is 2.82. The largest absolute Gasteiger partial charge is 0.494 e. The molecule has 7 nitrogen and oxygen atoms in total. The van der Waals surface area contributed by atoms with Crippen molar-refractivity contribution in [1.82, 2.24) is 4.98 Å². The summed E-state index contributed by atoms with van der Waals surface area (Å²) in [4.78, 5) is 14.8. The van der Waals surface area contributed by atoms with Crippen molar-refractivity contribution in [3.8, 4) is 5.88 Å². The topological polar surface area (TPSA) is 119 Å². The van der Waals surface area contributed by atoms with Gasteiger partial charge in [0.25, 0.3) is 5.56 Å². The first-order valence-corrected chi connectivity index (χ1v) is 7.90. The number of hydrogen-bond donors (Lipinski definition) is 4. The number of amidine groups is 1. The molecule has 7 heteroatoms. The van der Waals surface area contributed by atoms with Crippen molar-refractivity contribution >= 4 is 23.3 Å². The molecule has 0 radical (unpaired) electrons. The van der Waals surface area contributed by atoms with E-state index >= 15 is 0 Å². The number of aromatic amines is 1. The molecule has 0 atom stereocenters. The van der Waals surface area contributed by atoms with E-state index in [2.05, 4.69) is 10.1 Å². The molecule has 0 unspecified atom stereocenters. The molecule has 0 saturated carbocycles. The number of aromatic hydroxyl groups is 1. The molecule has 128 valence electrons. The number of aromatic nitrogens is 1. The molecule has 26 heavy (non-hydrogen) atoms. The van der Waals surface area contributed by atoms with Crippen LogP contribution in [0.25, 0.3) is 6.08 Å². The predicted octanol–water partition coefficient (Wildman–Crippen LogP) is 0.872. The van der Waals surface area contributed by atoms with Gasteiger partial charge in [-0.25, -0.2) is 5.01 Å². The first-order chi connectivity index (χ1) is 12.5. The van der Waals surface area contributed by atoms with Gasteiger partial charge in [0.05, 0.1) is 10.9 Å². The average Bonchev–Trinajstić information content (AvgIpc) is 2.99. The molecule has 2 aromatic carbocycles. The Labute approximate surface area is 147 Å². The van der Waals surface area contributed by atoms with E-state index in [4.69, 9.17) is 11.1 Å². The van der Waals surface area contributed by atoms with Crippen LogP contribution in [0.4, 0.5) is 11.4 Å². The van der Waals surface area contributed by atoms with Crippen molar-refractivity contribution in [3.05, 3.63) is 86.7 Å². The molecule has 1 aliphatic heterocycles. The van der Waals surface area contributed by atoms with Crippen LogP contribution in [0.5, 0.6) is 5.88 Å². The third kappa shape index (κ3) is 2.51. The van der Waals surface area contributed by atoms with Crippen LogP contribution in [-0.4, -0.2) is 15.9 Å². The van der Waals surface area contributed by atoms with Crippen LogP contribution < -0.4 is 26.9 Å². The lowest BCUT2D eigenvalue weighted by Gasteiger charge is -2.13. The Morgan fingerprint density at radius 2 is 1.81 bits per heavy atom. The van der Waals surface area contributed by atoms with Gasteiger partial charge in [-0.3, -0.25) is 15.2 Å². The zero-order valence-electron chi connectivity index (χ0n) is 13.6. The van der Waals surface area contributed by atoms with Gasteiger partial charge in [0.2, 0.25) is 5.88 Å². The van der Waals surface area contributed by atoms with Gasteiger partial charge < -0.3 is 10.8 Å². The van der Waals surface area contributed by atoms with E-state index in [9.17, 15) is 9.90 Å². The minimum absolute atomic E-state index is 0.00749. The van der Waals surface area contributed by atoms with Gasteiger partial charge >= 0.3 is 0 Å². The second kappa shape index (κ2) is 5.89. The summed E-state index contributed by atoms with van der Waals surface area (Å²) in [5, 5.41) is 24.8. The van der Waals surface area contributed by atoms with Crippen molar-refractivity contribution in [2.24, 2.45) is 5.10 Å². The maximum Gasteiger partial charge on any atom is 0.260 e. The summed E-state index contributed by atoms with van der Waals surface area (Å²) in [6.45, 7) is 0. The Balaban J connectivity index is 1.98. The molecule has 0 spiro atoms. The predicted molar refractivity (Wildman–Crippen MR) is 99.7 cm³/mol. The zero-order valence-corrected chi connectivity index (χ0v) is 13.6. The van der Waals surface area contributed by atoms with Crippen LogP contribution in [0.2, 0.25) is 0 Å². The van der Waals surface area contributed by atoms with Crippen molar-refractivity contribution in [1.29, 1.82) is 5.41 Å². The van der Waals surface area contributed by atoms with Crippen molar-refractivity contribution < 1.29 is 5.11 Å². The van der Waals surface area contributed by atoms with Gasteiger partial charge in [-0.15, -0.1) is 0 Å². The number of hydrogen-bond acceptors (Lipinski definition) is 5. The molecule has 0 aliphatic carbocycles. The van der Waals surface area contributed by atoms with Gasteiger partial charge in [0, 0.05) is 5.69 Å². The summed E-state index contributed by atoms with van der Waals surface area (Å²) in [6.07, 6.45) is 1.65. The smallest absolute Gasteiger partial charge is 0.260 e. The number of rotatable bonds is 2. The van der Waals surface area contributed by atoms with Crippen LogP contribution in [-0.2, 0) is 0 Å². The van der Waals surface area contributed by atoms with E-state index in [-0.39, 0.29) is 27.9 Å². The Morgan fingerprint density at radius 1 is 1.12 bits per heavy atom. The van der Waals surface area contributed by atoms with Gasteiger partial charge in [-0.05, 0) is 35.9 Å². The normalized spacial score (nSPS) is 13.6. The van der Waals surface area contributed by atoms with Crippen LogP contribution in [0, 0.1) is 5.41 Å². The van der Waals surface area contributed by atoms with Crippen molar-refractivity contribution in [2.45, 2.75) is 0 Å². The highest BCUT2D eigenvalue weighted by Crippen LogP contribution is 2.21. The van der Waals surface area contributed by atoms with E-state index in [0.29, 0.717) is 11.4 Å². The number of nitrogens with one attached hydrogen (secondary N) is 2. The van der Waals surface area contributed by atoms with E-state index in [1.807, 2.05) is 18.2 Å². The summed E-state index contributed by atoms with van der Waals surface area (Å²) in [6, 6.07) is 16.1. The first kappa shape index (κ1) is 15.6. The maximum atomic E-state index is 12.4. The molecule has 3 aromatic rings. The van der Waals surface area contributed by atoms with Crippen LogP contribution in [0.1, 0.15) is 11.1 Å². The second-order valence-electron chi connectivity index (χ2n) is 5.85. The molecule has 4 rings (SSSR count). The number of anilines is 2. The standard InChI is InChI=1S/C19H15N5O2/c20-12-8-6-11(7-9-12)10-14-16-15(19(26)22-18(14)25)17(21)24(23-16)13-4-2-1-3-5-13/h1-10,21,26H,20H2,(H,22,25). The number of pyridine rings is 1. The number of para-hydroxylation sites is 1. The molecule has 1 aromatic heterocycles. The quantitative estimate of drug-likeness (QED) is 0.515. The summed E-state index contributed by atoms with van der Waals surface area (Å²) in [7, 11) is 0. The minimum atomic E-state index is -0.482. The molecule has 0 amide bonds. The number of nitrogens with two attached hydrogens (primary N) is 1. The van der Waals surface area contributed by atoms with Crippen molar-refractivity contribution in [2.75, 3.05) is 10.7 Å². The number of nitrogen functional groups attached to an aromatic ring is 1. The lowest BCUT2D eigenvalue weighted by molar-refractivity contribution is 0.449. The highest BCUT2D eigenvalue weighted by Gasteiger charge is 2.26. The van der Waals surface area contributed by atoms with E-state index in [1.165, 1.54) is 5.01 Å². The highest BCUT2D eigenvalue weighted by molar-refractivity contribution is 6.10. The van der Waals surface area contributed by atoms with Gasteiger partial charge in [-0.1, -0.05) is 30.3 Å². The summed E-state index contributed by atoms with van der Waals surface area (Å²) < 4.78 is 0. The zero-order chi connectivity index (χ0) is 18.3. The van der Waals surface area contributed by atoms with E-state index in [0.717, 1.165) is 5.56 Å². The fourth-order valence-corrected chi connectivity index (χ4v) is 2.82. The summed E-state index contributed by atoms with van der Waals surface area (Å²) in [5.74, 6) is -0.376. The Hall–Kier alpha value is -3.87. The third-order valence-electron chi connectivity index (χ3n) is 4.10. The van der Waals surface area contributed by atoms with Gasteiger partial charge in [0.1, 0.15) is 10.9 Å². The molecule has 0 bridgehead atoms. The van der Waals surface area contributed by atoms with Crippen LogP contribution in [0.15, 0.2) is 64.5 Å². The Morgan fingerprint density at radius 3 is 2.50 bits per heavy atom. The number of fused-ring (bicyclic) bond motifs is 1. The van der Waals surface area contributed by atoms with E-state index in [1.54, 1.807) is 42.5 Å². The maximum absolute atomic E-state index is 12.4. The molecule has 2 heterocycles. The Bertz CT molecular complexity index is 1180. The first-order valence-electron chi connectivity index (χ1n) is 7.90. The van der Waals surface area contributed by atoms with Gasteiger partial charge in [-0.2, -0.15) is 5.10 Å². The fraction of sp³-hybridized carbons (Fsp3) is 0. The number of nitrogens with zero attached hydrogens (tertiary/aromatic N) is 2. The monoisotopic (exact) mass is 345 g/mol. The highest BCUT2D eigenvalue weighted by atomic mass is 16.3. The number of H-pyrrole nitrogens is 1. The SMILES string of the molecule is N=C1c2c(O)[nH]c(=O)c(=Cc3ccc(N)cc3)c2=NN1c1ccccc1. The van der Waals surface area contributed by atoms with E-state index < -0.39 is 5.56 Å². The molecule has 1 aliphatic rings. The second-order valence-corrected chi connectivity index (χ2v) is 5.85. The van der Waals surface area contributed by atoms with Gasteiger partial charge in [0.15, 0.2) is 5.84 Å². The average molecular weight is 345 g/mol.